The Morgan fingerprint density at radius 1 is 1.25 bits per heavy atom. The van der Waals surface area contributed by atoms with Gasteiger partial charge >= 0.3 is 0 Å². The molecule has 2 amide bonds. The summed E-state index contributed by atoms with van der Waals surface area (Å²) >= 11 is 1.30. The second-order valence-corrected chi connectivity index (χ2v) is 7.07. The Kier molecular flexibility index (Phi) is 5.25. The standard InChI is InChI=1S/C18H21N3O2S/c19-17(23)15-12-20-18(24-15)14-8-4-5-11-21(14)16(22)10-9-13-6-2-1-3-7-13/h1-3,6-7,12,14H,4-5,8-11H2,(H2,19,23)/t14-/m1/s1. The molecule has 0 spiro atoms. The van der Waals surface area contributed by atoms with Crippen molar-refractivity contribution in [3.05, 3.63) is 52.0 Å². The van der Waals surface area contributed by atoms with E-state index in [4.69, 9.17) is 5.73 Å². The number of aryl methyl sites for hydroxylation is 1. The largest absolute Gasteiger partial charge is 0.365 e. The Bertz CT molecular complexity index is 714. The lowest BCUT2D eigenvalue weighted by atomic mass is 10.0. The number of hydrogen-bond acceptors (Lipinski definition) is 4. The first-order valence-corrected chi connectivity index (χ1v) is 9.05. The van der Waals surface area contributed by atoms with Crippen LogP contribution in [0.4, 0.5) is 0 Å². The second kappa shape index (κ2) is 7.57. The summed E-state index contributed by atoms with van der Waals surface area (Å²) in [4.78, 5) is 30.7. The number of rotatable bonds is 5. The van der Waals surface area contributed by atoms with E-state index in [0.717, 1.165) is 37.2 Å². The summed E-state index contributed by atoms with van der Waals surface area (Å²) in [6, 6.07) is 10.0. The van der Waals surface area contributed by atoms with Crippen LogP contribution in [-0.2, 0) is 11.2 Å². The van der Waals surface area contributed by atoms with Crippen molar-refractivity contribution >= 4 is 23.2 Å². The highest BCUT2D eigenvalue weighted by Gasteiger charge is 2.30. The Morgan fingerprint density at radius 2 is 2.04 bits per heavy atom. The molecule has 2 heterocycles. The van der Waals surface area contributed by atoms with Crippen molar-refractivity contribution in [2.45, 2.75) is 38.1 Å². The van der Waals surface area contributed by atoms with Crippen LogP contribution in [0.5, 0.6) is 0 Å². The number of aromatic nitrogens is 1. The van der Waals surface area contributed by atoms with E-state index in [0.29, 0.717) is 11.3 Å². The zero-order chi connectivity index (χ0) is 16.9. The Balaban J connectivity index is 1.69. The van der Waals surface area contributed by atoms with Gasteiger partial charge in [-0.3, -0.25) is 9.59 Å². The summed E-state index contributed by atoms with van der Waals surface area (Å²) in [5.41, 5.74) is 6.49. The van der Waals surface area contributed by atoms with Crippen molar-refractivity contribution < 1.29 is 9.59 Å². The molecule has 5 nitrogen and oxygen atoms in total. The molecule has 6 heteroatoms. The fraction of sp³-hybridized carbons (Fsp3) is 0.389. The Hall–Kier alpha value is -2.21. The first-order chi connectivity index (χ1) is 11.6. The van der Waals surface area contributed by atoms with Crippen molar-refractivity contribution in [1.82, 2.24) is 9.88 Å². The van der Waals surface area contributed by atoms with E-state index in [9.17, 15) is 9.59 Å². The number of likely N-dealkylation sites (tertiary alicyclic amines) is 1. The van der Waals surface area contributed by atoms with E-state index in [1.54, 1.807) is 0 Å². The third kappa shape index (κ3) is 3.82. The van der Waals surface area contributed by atoms with Gasteiger partial charge in [-0.2, -0.15) is 0 Å². The number of carbonyl (C=O) groups is 2. The van der Waals surface area contributed by atoms with Crippen molar-refractivity contribution in [2.75, 3.05) is 6.54 Å². The van der Waals surface area contributed by atoms with Crippen LogP contribution >= 0.6 is 11.3 Å². The average Bonchev–Trinajstić information content (AvgIpc) is 3.11. The van der Waals surface area contributed by atoms with Gasteiger partial charge in [0.2, 0.25) is 5.91 Å². The molecule has 1 aliphatic rings. The molecule has 0 aliphatic carbocycles. The van der Waals surface area contributed by atoms with E-state index in [2.05, 4.69) is 4.98 Å². The molecule has 126 valence electrons. The number of nitrogens with two attached hydrogens (primary N) is 1. The number of benzene rings is 1. The minimum atomic E-state index is -0.462. The number of piperidine rings is 1. The van der Waals surface area contributed by atoms with Crippen LogP contribution in [0.15, 0.2) is 36.5 Å². The molecule has 2 N–H and O–H groups in total. The van der Waals surface area contributed by atoms with E-state index in [1.807, 2.05) is 35.2 Å². The zero-order valence-corrected chi connectivity index (χ0v) is 14.3. The smallest absolute Gasteiger partial charge is 0.260 e. The predicted octanol–water partition coefficient (Wildman–Crippen LogP) is 2.93. The summed E-state index contributed by atoms with van der Waals surface area (Å²) in [6.45, 7) is 0.754. The lowest BCUT2D eigenvalue weighted by Crippen LogP contribution is -2.38. The Morgan fingerprint density at radius 3 is 2.75 bits per heavy atom. The molecule has 0 unspecified atom stereocenters. The number of amides is 2. The monoisotopic (exact) mass is 343 g/mol. The lowest BCUT2D eigenvalue weighted by Gasteiger charge is -2.34. The Labute approximate surface area is 145 Å². The first-order valence-electron chi connectivity index (χ1n) is 8.24. The van der Waals surface area contributed by atoms with Gasteiger partial charge < -0.3 is 10.6 Å². The van der Waals surface area contributed by atoms with Gasteiger partial charge in [0.15, 0.2) is 0 Å². The molecular weight excluding hydrogens is 322 g/mol. The van der Waals surface area contributed by atoms with Crippen molar-refractivity contribution in [1.29, 1.82) is 0 Å². The maximum atomic E-state index is 12.7. The highest BCUT2D eigenvalue weighted by atomic mass is 32.1. The molecule has 1 aliphatic heterocycles. The van der Waals surface area contributed by atoms with Crippen molar-refractivity contribution in [2.24, 2.45) is 5.73 Å². The van der Waals surface area contributed by atoms with E-state index >= 15 is 0 Å². The predicted molar refractivity (Wildman–Crippen MR) is 93.7 cm³/mol. The fourth-order valence-corrected chi connectivity index (χ4v) is 4.00. The van der Waals surface area contributed by atoms with Crippen LogP contribution < -0.4 is 5.73 Å². The van der Waals surface area contributed by atoms with Crippen molar-refractivity contribution in [3.8, 4) is 0 Å². The maximum absolute atomic E-state index is 12.7. The molecule has 0 bridgehead atoms. The maximum Gasteiger partial charge on any atom is 0.260 e. The number of hydrogen-bond donors (Lipinski definition) is 1. The van der Waals surface area contributed by atoms with E-state index in [-0.39, 0.29) is 11.9 Å². The minimum Gasteiger partial charge on any atom is -0.365 e. The molecule has 1 aromatic carbocycles. The highest BCUT2D eigenvalue weighted by molar-refractivity contribution is 7.13. The average molecular weight is 343 g/mol. The second-order valence-electron chi connectivity index (χ2n) is 6.01. The molecule has 1 saturated heterocycles. The number of carbonyl (C=O) groups excluding carboxylic acids is 2. The molecule has 1 aromatic heterocycles. The molecule has 2 aromatic rings. The van der Waals surface area contributed by atoms with Crippen LogP contribution in [0.2, 0.25) is 0 Å². The molecular formula is C18H21N3O2S. The van der Waals surface area contributed by atoms with E-state index in [1.165, 1.54) is 23.1 Å². The van der Waals surface area contributed by atoms with Crippen LogP contribution in [-0.4, -0.2) is 28.2 Å². The summed E-state index contributed by atoms with van der Waals surface area (Å²) in [5, 5.41) is 0.816. The number of nitrogens with zero attached hydrogens (tertiary/aromatic N) is 2. The summed E-state index contributed by atoms with van der Waals surface area (Å²) in [5.74, 6) is -0.309. The van der Waals surface area contributed by atoms with E-state index < -0.39 is 5.91 Å². The summed E-state index contributed by atoms with van der Waals surface area (Å²) in [7, 11) is 0. The molecule has 3 rings (SSSR count). The minimum absolute atomic E-state index is 0.0277. The van der Waals surface area contributed by atoms with Gasteiger partial charge in [0.1, 0.15) is 9.88 Å². The fourth-order valence-electron chi connectivity index (χ4n) is 3.08. The van der Waals surface area contributed by atoms with Gasteiger partial charge in [-0.15, -0.1) is 11.3 Å². The van der Waals surface area contributed by atoms with Gasteiger partial charge in [0.05, 0.1) is 12.2 Å². The van der Waals surface area contributed by atoms with Crippen LogP contribution in [0.1, 0.15) is 52.0 Å². The third-order valence-electron chi connectivity index (χ3n) is 4.34. The topological polar surface area (TPSA) is 76.3 Å². The zero-order valence-electron chi connectivity index (χ0n) is 13.5. The summed E-state index contributed by atoms with van der Waals surface area (Å²) < 4.78 is 0. The van der Waals surface area contributed by atoms with Crippen LogP contribution in [0.25, 0.3) is 0 Å². The van der Waals surface area contributed by atoms with Crippen molar-refractivity contribution in [3.63, 3.8) is 0 Å². The SMILES string of the molecule is NC(=O)c1cnc([C@H]2CCCCN2C(=O)CCc2ccccc2)s1. The van der Waals surface area contributed by atoms with Gasteiger partial charge in [-0.25, -0.2) is 4.98 Å². The number of thiazole rings is 1. The van der Waals surface area contributed by atoms with Crippen LogP contribution in [0, 0.1) is 0 Å². The van der Waals surface area contributed by atoms with Gasteiger partial charge in [0, 0.05) is 13.0 Å². The highest BCUT2D eigenvalue weighted by Crippen LogP contribution is 2.33. The van der Waals surface area contributed by atoms with Gasteiger partial charge in [-0.1, -0.05) is 30.3 Å². The summed E-state index contributed by atoms with van der Waals surface area (Å²) in [6.07, 6.45) is 5.73. The van der Waals surface area contributed by atoms with Crippen LogP contribution in [0.3, 0.4) is 0 Å². The molecule has 1 fully saturated rings. The first kappa shape index (κ1) is 16.6. The van der Waals surface area contributed by atoms with Gasteiger partial charge in [0.25, 0.3) is 5.91 Å². The molecule has 0 saturated carbocycles. The molecule has 0 radical (unpaired) electrons. The normalized spacial score (nSPS) is 17.7. The quantitative estimate of drug-likeness (QED) is 0.907. The lowest BCUT2D eigenvalue weighted by molar-refractivity contribution is -0.135. The molecule has 24 heavy (non-hydrogen) atoms. The third-order valence-corrected chi connectivity index (χ3v) is 5.46. The molecule has 1 atom stereocenters. The van der Waals surface area contributed by atoms with Gasteiger partial charge in [-0.05, 0) is 31.2 Å². The number of primary amides is 1.